The zero-order valence-corrected chi connectivity index (χ0v) is 7.00. The molecular weight excluding hydrogens is 152 g/mol. The first-order valence-corrected chi connectivity index (χ1v) is 4.18. The van der Waals surface area contributed by atoms with E-state index in [-0.39, 0.29) is 6.03 Å². The minimum absolute atomic E-state index is 0.148. The summed E-state index contributed by atoms with van der Waals surface area (Å²) in [5.41, 5.74) is 0.924. The van der Waals surface area contributed by atoms with Crippen LogP contribution in [0.4, 0.5) is 4.79 Å². The lowest BCUT2D eigenvalue weighted by molar-refractivity contribution is 0.245. The molecule has 2 unspecified atom stereocenters. The summed E-state index contributed by atoms with van der Waals surface area (Å²) in [7, 11) is 1.61. The van der Waals surface area contributed by atoms with Crippen molar-refractivity contribution in [3.05, 3.63) is 23.9 Å². The van der Waals surface area contributed by atoms with Crippen LogP contribution in [-0.4, -0.2) is 13.1 Å². The van der Waals surface area contributed by atoms with E-state index in [1.54, 1.807) is 7.05 Å². The van der Waals surface area contributed by atoms with Crippen molar-refractivity contribution in [3.63, 3.8) is 0 Å². The number of hydrogen-bond acceptors (Lipinski definition) is 1. The third kappa shape index (κ3) is 1.35. The summed E-state index contributed by atoms with van der Waals surface area (Å²) in [5, 5.41) is 5.27. The summed E-state index contributed by atoms with van der Waals surface area (Å²) in [6, 6.07) is -0.148. The predicted octanol–water partition coefficient (Wildman–Crippen LogP) is 1.01. The van der Waals surface area contributed by atoms with Crippen LogP contribution in [0.3, 0.4) is 0 Å². The molecule has 2 atom stereocenters. The molecule has 1 saturated carbocycles. The van der Waals surface area contributed by atoms with Gasteiger partial charge >= 0.3 is 6.03 Å². The highest BCUT2D eigenvalue weighted by Crippen LogP contribution is 2.43. The summed E-state index contributed by atoms with van der Waals surface area (Å²) in [6.45, 7) is 0. The Hall–Kier alpha value is -1.25. The van der Waals surface area contributed by atoms with Crippen molar-refractivity contribution in [2.24, 2.45) is 11.8 Å². The van der Waals surface area contributed by atoms with Gasteiger partial charge in [-0.15, -0.1) is 0 Å². The molecule has 0 aromatic heterocycles. The van der Waals surface area contributed by atoms with Gasteiger partial charge in [-0.1, -0.05) is 12.2 Å². The van der Waals surface area contributed by atoms with Crippen molar-refractivity contribution in [1.29, 1.82) is 0 Å². The summed E-state index contributed by atoms with van der Waals surface area (Å²) < 4.78 is 0. The van der Waals surface area contributed by atoms with Gasteiger partial charge in [0.25, 0.3) is 0 Å². The molecule has 0 aromatic rings. The number of allylic oxidation sites excluding steroid dienone is 3. The molecule has 2 N–H and O–H groups in total. The summed E-state index contributed by atoms with van der Waals surface area (Å²) in [4.78, 5) is 10.9. The molecule has 2 aliphatic carbocycles. The van der Waals surface area contributed by atoms with Crippen molar-refractivity contribution in [2.75, 3.05) is 7.05 Å². The van der Waals surface area contributed by atoms with Crippen LogP contribution in [0.25, 0.3) is 0 Å². The largest absolute Gasteiger partial charge is 0.341 e. The Morgan fingerprint density at radius 3 is 3.08 bits per heavy atom. The molecule has 3 heteroatoms. The number of carbonyl (C=O) groups excluding carboxylic acids is 1. The van der Waals surface area contributed by atoms with E-state index in [0.717, 1.165) is 11.6 Å². The van der Waals surface area contributed by atoms with Crippen LogP contribution in [0.2, 0.25) is 0 Å². The lowest BCUT2D eigenvalue weighted by Crippen LogP contribution is -2.31. The standard InChI is InChI=1S/C9H12N2O/c1-10-9(12)11-8-3-2-6-4-7(6)5-8/h2-3,5-7H,4H2,1H3,(H2,10,11,12). The first-order valence-electron chi connectivity index (χ1n) is 4.18. The van der Waals surface area contributed by atoms with Crippen LogP contribution < -0.4 is 10.6 Å². The second-order valence-corrected chi connectivity index (χ2v) is 3.25. The Morgan fingerprint density at radius 1 is 1.58 bits per heavy atom. The first-order chi connectivity index (χ1) is 5.79. The van der Waals surface area contributed by atoms with E-state index in [0.29, 0.717) is 5.92 Å². The van der Waals surface area contributed by atoms with Crippen LogP contribution in [0, 0.1) is 11.8 Å². The molecule has 0 bridgehead atoms. The summed E-state index contributed by atoms with van der Waals surface area (Å²) in [6.07, 6.45) is 7.51. The van der Waals surface area contributed by atoms with Crippen LogP contribution in [0.15, 0.2) is 23.9 Å². The SMILES string of the molecule is CNC(=O)NC1=CC2CC2C=C1. The Bertz CT molecular complexity index is 268. The average molecular weight is 164 g/mol. The van der Waals surface area contributed by atoms with Crippen molar-refractivity contribution < 1.29 is 4.79 Å². The summed E-state index contributed by atoms with van der Waals surface area (Å²) in [5.74, 6) is 1.43. The van der Waals surface area contributed by atoms with E-state index < -0.39 is 0 Å². The van der Waals surface area contributed by atoms with E-state index >= 15 is 0 Å². The molecule has 3 nitrogen and oxygen atoms in total. The number of fused-ring (bicyclic) bond motifs is 1. The zero-order chi connectivity index (χ0) is 8.55. The minimum Gasteiger partial charge on any atom is -0.341 e. The molecular formula is C9H12N2O. The van der Waals surface area contributed by atoms with Crippen LogP contribution in [0.1, 0.15) is 6.42 Å². The second kappa shape index (κ2) is 2.66. The molecule has 0 radical (unpaired) electrons. The van der Waals surface area contributed by atoms with Gasteiger partial charge in [-0.3, -0.25) is 0 Å². The van der Waals surface area contributed by atoms with Gasteiger partial charge in [-0.25, -0.2) is 4.79 Å². The molecule has 0 spiro atoms. The molecule has 64 valence electrons. The molecule has 1 fully saturated rings. The Labute approximate surface area is 71.5 Å². The second-order valence-electron chi connectivity index (χ2n) is 3.25. The monoisotopic (exact) mass is 164 g/mol. The first kappa shape index (κ1) is 7.40. The van der Waals surface area contributed by atoms with Gasteiger partial charge in [0, 0.05) is 12.7 Å². The van der Waals surface area contributed by atoms with Crippen molar-refractivity contribution >= 4 is 6.03 Å². The average Bonchev–Trinajstić information content (AvgIpc) is 2.82. The number of carbonyl (C=O) groups is 1. The fraction of sp³-hybridized carbons (Fsp3) is 0.444. The van der Waals surface area contributed by atoms with Crippen molar-refractivity contribution in [3.8, 4) is 0 Å². The highest BCUT2D eigenvalue weighted by molar-refractivity contribution is 5.76. The molecule has 2 aliphatic rings. The van der Waals surface area contributed by atoms with E-state index in [1.807, 2.05) is 6.08 Å². The van der Waals surface area contributed by atoms with E-state index in [1.165, 1.54) is 6.42 Å². The molecule has 0 heterocycles. The lowest BCUT2D eigenvalue weighted by Gasteiger charge is -2.07. The highest BCUT2D eigenvalue weighted by atomic mass is 16.2. The predicted molar refractivity (Wildman–Crippen MR) is 46.4 cm³/mol. The van der Waals surface area contributed by atoms with Crippen LogP contribution >= 0.6 is 0 Å². The molecule has 0 aliphatic heterocycles. The minimum atomic E-state index is -0.148. The van der Waals surface area contributed by atoms with E-state index in [9.17, 15) is 4.79 Å². The molecule has 2 amide bonds. The number of rotatable bonds is 1. The van der Waals surface area contributed by atoms with E-state index in [4.69, 9.17) is 0 Å². The molecule has 2 rings (SSSR count). The van der Waals surface area contributed by atoms with Gasteiger partial charge in [0.05, 0.1) is 0 Å². The third-order valence-electron chi connectivity index (χ3n) is 2.29. The Morgan fingerprint density at radius 2 is 2.42 bits per heavy atom. The molecule has 12 heavy (non-hydrogen) atoms. The lowest BCUT2D eigenvalue weighted by atomic mass is 10.1. The summed E-state index contributed by atoms with van der Waals surface area (Å²) >= 11 is 0. The molecule has 0 aromatic carbocycles. The smallest absolute Gasteiger partial charge is 0.318 e. The fourth-order valence-electron chi connectivity index (χ4n) is 1.44. The normalized spacial score (nSPS) is 30.2. The van der Waals surface area contributed by atoms with Gasteiger partial charge in [-0.05, 0) is 24.3 Å². The zero-order valence-electron chi connectivity index (χ0n) is 7.00. The number of nitrogens with one attached hydrogen (secondary N) is 2. The maximum atomic E-state index is 10.9. The van der Waals surface area contributed by atoms with Crippen molar-refractivity contribution in [1.82, 2.24) is 10.6 Å². The van der Waals surface area contributed by atoms with Crippen molar-refractivity contribution in [2.45, 2.75) is 6.42 Å². The maximum Gasteiger partial charge on any atom is 0.318 e. The van der Waals surface area contributed by atoms with Crippen LogP contribution in [-0.2, 0) is 0 Å². The number of amides is 2. The number of urea groups is 1. The van der Waals surface area contributed by atoms with Gasteiger partial charge in [0.15, 0.2) is 0 Å². The van der Waals surface area contributed by atoms with E-state index in [2.05, 4.69) is 22.8 Å². The quantitative estimate of drug-likeness (QED) is 0.596. The molecule has 0 saturated heterocycles. The Kier molecular flexibility index (Phi) is 1.64. The fourth-order valence-corrected chi connectivity index (χ4v) is 1.44. The highest BCUT2D eigenvalue weighted by Gasteiger charge is 2.35. The van der Waals surface area contributed by atoms with Crippen LogP contribution in [0.5, 0.6) is 0 Å². The van der Waals surface area contributed by atoms with Gasteiger partial charge in [-0.2, -0.15) is 0 Å². The topological polar surface area (TPSA) is 41.1 Å². The van der Waals surface area contributed by atoms with Gasteiger partial charge < -0.3 is 10.6 Å². The maximum absolute atomic E-state index is 10.9. The van der Waals surface area contributed by atoms with Gasteiger partial charge in [0.1, 0.15) is 0 Å². The third-order valence-corrected chi connectivity index (χ3v) is 2.29. The Balaban J connectivity index is 1.96. The number of hydrogen-bond donors (Lipinski definition) is 2. The van der Waals surface area contributed by atoms with Gasteiger partial charge in [0.2, 0.25) is 0 Å².